The SMILES string of the molecule is Clc1ccc2[nH]c(-c3cccs3)c(-c3ccccc3)c2c1. The Balaban J connectivity index is 2.09. The Morgan fingerprint density at radius 2 is 1.76 bits per heavy atom. The highest BCUT2D eigenvalue weighted by atomic mass is 35.5. The van der Waals surface area contributed by atoms with E-state index in [0.29, 0.717) is 0 Å². The molecule has 0 fully saturated rings. The third kappa shape index (κ3) is 2.17. The van der Waals surface area contributed by atoms with Crippen LogP contribution in [0.2, 0.25) is 5.02 Å². The summed E-state index contributed by atoms with van der Waals surface area (Å²) in [5.41, 5.74) is 4.69. The van der Waals surface area contributed by atoms with Crippen molar-refractivity contribution in [3.05, 3.63) is 71.1 Å². The fourth-order valence-corrected chi connectivity index (χ4v) is 3.58. The van der Waals surface area contributed by atoms with Gasteiger partial charge in [-0.05, 0) is 35.2 Å². The number of benzene rings is 2. The van der Waals surface area contributed by atoms with Crippen LogP contribution in [-0.2, 0) is 0 Å². The molecule has 0 saturated carbocycles. The number of nitrogens with one attached hydrogen (secondary N) is 1. The largest absolute Gasteiger partial charge is 0.353 e. The Kier molecular flexibility index (Phi) is 3.06. The van der Waals surface area contributed by atoms with Gasteiger partial charge in [0.25, 0.3) is 0 Å². The third-order valence-electron chi connectivity index (χ3n) is 3.59. The molecule has 3 heteroatoms. The highest BCUT2D eigenvalue weighted by molar-refractivity contribution is 7.13. The summed E-state index contributed by atoms with van der Waals surface area (Å²) in [5.74, 6) is 0. The normalized spacial score (nSPS) is 11.1. The maximum Gasteiger partial charge on any atom is 0.0645 e. The minimum absolute atomic E-state index is 0.761. The molecule has 0 aliphatic heterocycles. The first-order valence-corrected chi connectivity index (χ1v) is 7.99. The number of rotatable bonds is 2. The molecule has 2 aromatic heterocycles. The van der Waals surface area contributed by atoms with Crippen LogP contribution in [0.1, 0.15) is 0 Å². The molecule has 0 spiro atoms. The molecule has 0 bridgehead atoms. The molecule has 0 amide bonds. The lowest BCUT2D eigenvalue weighted by molar-refractivity contribution is 1.48. The fraction of sp³-hybridized carbons (Fsp3) is 0. The summed E-state index contributed by atoms with van der Waals surface area (Å²) in [6, 6.07) is 20.7. The summed E-state index contributed by atoms with van der Waals surface area (Å²) >= 11 is 7.94. The standard InChI is InChI=1S/C18H12ClNS/c19-13-8-9-15-14(11-13)17(12-5-2-1-3-6-12)18(20-15)16-7-4-10-21-16/h1-11,20H. The van der Waals surface area contributed by atoms with Crippen molar-refractivity contribution < 1.29 is 0 Å². The molecule has 4 aromatic rings. The van der Waals surface area contributed by atoms with Crippen LogP contribution in [0.4, 0.5) is 0 Å². The summed E-state index contributed by atoms with van der Waals surface area (Å²) in [7, 11) is 0. The molecular formula is C18H12ClNS. The molecule has 1 N–H and O–H groups in total. The van der Waals surface area contributed by atoms with E-state index in [1.807, 2.05) is 24.3 Å². The third-order valence-corrected chi connectivity index (χ3v) is 4.71. The molecule has 2 aromatic carbocycles. The van der Waals surface area contributed by atoms with E-state index in [2.05, 4.69) is 46.8 Å². The van der Waals surface area contributed by atoms with Crippen molar-refractivity contribution in [2.45, 2.75) is 0 Å². The van der Waals surface area contributed by atoms with Crippen LogP contribution in [0.15, 0.2) is 66.0 Å². The average molecular weight is 310 g/mol. The van der Waals surface area contributed by atoms with E-state index in [0.717, 1.165) is 21.6 Å². The van der Waals surface area contributed by atoms with Crippen molar-refractivity contribution in [2.75, 3.05) is 0 Å². The van der Waals surface area contributed by atoms with Crippen molar-refractivity contribution in [1.82, 2.24) is 4.98 Å². The molecule has 2 heterocycles. The van der Waals surface area contributed by atoms with Crippen LogP contribution >= 0.6 is 22.9 Å². The first-order chi connectivity index (χ1) is 10.3. The lowest BCUT2D eigenvalue weighted by Gasteiger charge is -2.03. The first kappa shape index (κ1) is 12.7. The van der Waals surface area contributed by atoms with Crippen LogP contribution in [0.5, 0.6) is 0 Å². The number of aromatic nitrogens is 1. The van der Waals surface area contributed by atoms with E-state index < -0.39 is 0 Å². The summed E-state index contributed by atoms with van der Waals surface area (Å²) in [4.78, 5) is 4.78. The van der Waals surface area contributed by atoms with E-state index in [9.17, 15) is 0 Å². The Labute approximate surface area is 131 Å². The monoisotopic (exact) mass is 309 g/mol. The van der Waals surface area contributed by atoms with Gasteiger partial charge in [0.05, 0.1) is 10.6 Å². The fourth-order valence-electron chi connectivity index (χ4n) is 2.67. The number of thiophene rings is 1. The quantitative estimate of drug-likeness (QED) is 0.452. The van der Waals surface area contributed by atoms with Crippen molar-refractivity contribution in [3.8, 4) is 21.7 Å². The number of hydrogen-bond donors (Lipinski definition) is 1. The Bertz CT molecular complexity index is 892. The molecule has 0 radical (unpaired) electrons. The first-order valence-electron chi connectivity index (χ1n) is 6.73. The van der Waals surface area contributed by atoms with Gasteiger partial charge in [-0.25, -0.2) is 0 Å². The smallest absolute Gasteiger partial charge is 0.0645 e. The molecule has 4 rings (SSSR count). The van der Waals surface area contributed by atoms with E-state index in [-0.39, 0.29) is 0 Å². The average Bonchev–Trinajstić information content (AvgIpc) is 3.14. The molecule has 0 unspecified atom stereocenters. The summed E-state index contributed by atoms with van der Waals surface area (Å²) in [6.07, 6.45) is 0. The highest BCUT2D eigenvalue weighted by Gasteiger charge is 2.15. The van der Waals surface area contributed by atoms with Crippen LogP contribution in [0.25, 0.3) is 32.6 Å². The van der Waals surface area contributed by atoms with Gasteiger partial charge < -0.3 is 4.98 Å². The molecule has 0 atom stereocenters. The summed E-state index contributed by atoms with van der Waals surface area (Å²) in [5, 5.41) is 4.02. The predicted molar refractivity (Wildman–Crippen MR) is 92.1 cm³/mol. The zero-order valence-corrected chi connectivity index (χ0v) is 12.7. The van der Waals surface area contributed by atoms with Crippen LogP contribution < -0.4 is 0 Å². The van der Waals surface area contributed by atoms with Gasteiger partial charge in [0.1, 0.15) is 0 Å². The minimum atomic E-state index is 0.761. The van der Waals surface area contributed by atoms with E-state index >= 15 is 0 Å². The molecule has 1 nitrogen and oxygen atoms in total. The minimum Gasteiger partial charge on any atom is -0.353 e. The van der Waals surface area contributed by atoms with Gasteiger partial charge >= 0.3 is 0 Å². The van der Waals surface area contributed by atoms with Gasteiger partial charge in [0, 0.05) is 21.5 Å². The molecule has 0 saturated heterocycles. The molecule has 0 aliphatic carbocycles. The van der Waals surface area contributed by atoms with Gasteiger partial charge in [-0.3, -0.25) is 0 Å². The Morgan fingerprint density at radius 1 is 0.905 bits per heavy atom. The van der Waals surface area contributed by atoms with Crippen molar-refractivity contribution in [2.24, 2.45) is 0 Å². The number of fused-ring (bicyclic) bond motifs is 1. The zero-order chi connectivity index (χ0) is 14.2. The molecule has 102 valence electrons. The van der Waals surface area contributed by atoms with E-state index in [4.69, 9.17) is 11.6 Å². The summed E-state index contributed by atoms with van der Waals surface area (Å²) < 4.78 is 0. The summed E-state index contributed by atoms with van der Waals surface area (Å²) in [6.45, 7) is 0. The number of aromatic amines is 1. The van der Waals surface area contributed by atoms with Gasteiger partial charge in [-0.1, -0.05) is 48.0 Å². The second-order valence-electron chi connectivity index (χ2n) is 4.91. The van der Waals surface area contributed by atoms with Crippen LogP contribution in [0, 0.1) is 0 Å². The molecule has 0 aliphatic rings. The van der Waals surface area contributed by atoms with Crippen LogP contribution in [0.3, 0.4) is 0 Å². The number of hydrogen-bond acceptors (Lipinski definition) is 1. The molecular weight excluding hydrogens is 298 g/mol. The van der Waals surface area contributed by atoms with Crippen LogP contribution in [-0.4, -0.2) is 4.98 Å². The van der Waals surface area contributed by atoms with E-state index in [1.165, 1.54) is 16.0 Å². The van der Waals surface area contributed by atoms with Gasteiger partial charge in [-0.2, -0.15) is 0 Å². The highest BCUT2D eigenvalue weighted by Crippen LogP contribution is 2.40. The van der Waals surface area contributed by atoms with E-state index in [1.54, 1.807) is 11.3 Å². The van der Waals surface area contributed by atoms with Gasteiger partial charge in [-0.15, -0.1) is 11.3 Å². The Morgan fingerprint density at radius 3 is 2.52 bits per heavy atom. The lowest BCUT2D eigenvalue weighted by atomic mass is 10.0. The topological polar surface area (TPSA) is 15.8 Å². The lowest BCUT2D eigenvalue weighted by Crippen LogP contribution is -1.79. The number of H-pyrrole nitrogens is 1. The second-order valence-corrected chi connectivity index (χ2v) is 6.29. The van der Waals surface area contributed by atoms with Crippen molar-refractivity contribution in [1.29, 1.82) is 0 Å². The maximum atomic E-state index is 6.20. The zero-order valence-electron chi connectivity index (χ0n) is 11.1. The van der Waals surface area contributed by atoms with Gasteiger partial charge in [0.15, 0.2) is 0 Å². The second kappa shape index (κ2) is 5.06. The Hall–Kier alpha value is -2.03. The maximum absolute atomic E-state index is 6.20. The number of halogens is 1. The molecule has 21 heavy (non-hydrogen) atoms. The van der Waals surface area contributed by atoms with Crippen molar-refractivity contribution >= 4 is 33.8 Å². The predicted octanol–water partition coefficient (Wildman–Crippen LogP) is 6.22. The van der Waals surface area contributed by atoms with Crippen molar-refractivity contribution in [3.63, 3.8) is 0 Å². The van der Waals surface area contributed by atoms with Gasteiger partial charge in [0.2, 0.25) is 0 Å².